The second-order valence-electron chi connectivity index (χ2n) is 5.85. The van der Waals surface area contributed by atoms with Gasteiger partial charge in [0.2, 0.25) is 0 Å². The molecular formula is C17H23BrClN5O. The van der Waals surface area contributed by atoms with Crippen molar-refractivity contribution in [3.63, 3.8) is 0 Å². The summed E-state index contributed by atoms with van der Waals surface area (Å²) in [7, 11) is 0. The van der Waals surface area contributed by atoms with Gasteiger partial charge < -0.3 is 15.5 Å². The van der Waals surface area contributed by atoms with E-state index >= 15 is 0 Å². The monoisotopic (exact) mass is 427 g/mol. The van der Waals surface area contributed by atoms with Crippen LogP contribution in [0.2, 0.25) is 0 Å². The van der Waals surface area contributed by atoms with Crippen molar-refractivity contribution in [2.75, 3.05) is 39.3 Å². The number of halogens is 2. The molecule has 0 saturated carbocycles. The van der Waals surface area contributed by atoms with Gasteiger partial charge in [-0.15, -0.1) is 12.4 Å². The summed E-state index contributed by atoms with van der Waals surface area (Å²) >= 11 is 3.41. The van der Waals surface area contributed by atoms with Crippen LogP contribution in [0.1, 0.15) is 16.8 Å². The van der Waals surface area contributed by atoms with E-state index in [1.165, 1.54) is 0 Å². The molecular weight excluding hydrogens is 406 g/mol. The summed E-state index contributed by atoms with van der Waals surface area (Å²) < 4.78 is 2.73. The van der Waals surface area contributed by atoms with Crippen LogP contribution in [0.4, 0.5) is 0 Å². The number of aromatic nitrogens is 2. The molecule has 6 nitrogen and oxygen atoms in total. The van der Waals surface area contributed by atoms with Crippen LogP contribution in [0.15, 0.2) is 41.1 Å². The van der Waals surface area contributed by atoms with Crippen molar-refractivity contribution in [2.24, 2.45) is 0 Å². The second kappa shape index (κ2) is 9.91. The molecule has 1 saturated heterocycles. The van der Waals surface area contributed by atoms with Crippen LogP contribution in [0.5, 0.6) is 0 Å². The van der Waals surface area contributed by atoms with Crippen LogP contribution in [0, 0.1) is 0 Å². The minimum Gasteiger partial charge on any atom is -0.352 e. The topological polar surface area (TPSA) is 62.2 Å². The molecule has 25 heavy (non-hydrogen) atoms. The highest BCUT2D eigenvalue weighted by molar-refractivity contribution is 9.10. The Hall–Kier alpha value is -1.41. The fourth-order valence-corrected chi connectivity index (χ4v) is 2.98. The Morgan fingerprint density at radius 2 is 1.96 bits per heavy atom. The molecule has 0 bridgehead atoms. The highest BCUT2D eigenvalue weighted by atomic mass is 79.9. The number of hydrogen-bond donors (Lipinski definition) is 2. The average molecular weight is 429 g/mol. The maximum absolute atomic E-state index is 12.2. The van der Waals surface area contributed by atoms with E-state index in [1.807, 2.05) is 24.3 Å². The minimum atomic E-state index is -0.0707. The van der Waals surface area contributed by atoms with Crippen molar-refractivity contribution in [3.8, 4) is 5.69 Å². The van der Waals surface area contributed by atoms with Crippen LogP contribution >= 0.6 is 28.3 Å². The van der Waals surface area contributed by atoms with Crippen LogP contribution in [-0.2, 0) is 0 Å². The third-order valence-electron chi connectivity index (χ3n) is 4.08. The van der Waals surface area contributed by atoms with Crippen molar-refractivity contribution in [1.29, 1.82) is 0 Å². The summed E-state index contributed by atoms with van der Waals surface area (Å²) in [5.41, 5.74) is 1.51. The summed E-state index contributed by atoms with van der Waals surface area (Å²) in [6, 6.07) is 7.80. The van der Waals surface area contributed by atoms with Gasteiger partial charge in [-0.05, 0) is 37.2 Å². The van der Waals surface area contributed by atoms with Crippen molar-refractivity contribution in [2.45, 2.75) is 6.42 Å². The summed E-state index contributed by atoms with van der Waals surface area (Å²) in [6.45, 7) is 6.01. The number of carbonyl (C=O) groups is 1. The first-order valence-corrected chi connectivity index (χ1v) is 9.03. The van der Waals surface area contributed by atoms with Gasteiger partial charge in [-0.3, -0.25) is 4.79 Å². The van der Waals surface area contributed by atoms with Crippen molar-refractivity contribution < 1.29 is 4.79 Å². The number of carbonyl (C=O) groups excluding carboxylic acids is 1. The van der Waals surface area contributed by atoms with E-state index in [9.17, 15) is 4.79 Å². The summed E-state index contributed by atoms with van der Waals surface area (Å²) in [6.07, 6.45) is 4.33. The molecule has 0 radical (unpaired) electrons. The van der Waals surface area contributed by atoms with E-state index in [1.54, 1.807) is 17.1 Å². The number of hydrogen-bond acceptors (Lipinski definition) is 4. The van der Waals surface area contributed by atoms with Gasteiger partial charge in [-0.25, -0.2) is 4.68 Å². The smallest absolute Gasteiger partial charge is 0.254 e. The maximum Gasteiger partial charge on any atom is 0.254 e. The van der Waals surface area contributed by atoms with E-state index in [0.717, 1.165) is 49.3 Å². The zero-order valence-corrected chi connectivity index (χ0v) is 16.4. The SMILES string of the molecule is Cl.O=C(NCCCN1CCNCC1)c1cnn(-c2ccc(Br)cc2)c1. The number of piperazine rings is 1. The fourth-order valence-electron chi connectivity index (χ4n) is 2.72. The molecule has 2 N–H and O–H groups in total. The Kier molecular flexibility index (Phi) is 7.90. The van der Waals surface area contributed by atoms with Gasteiger partial charge in [0, 0.05) is 43.4 Å². The predicted octanol–water partition coefficient (Wildman–Crippen LogP) is 2.08. The summed E-state index contributed by atoms with van der Waals surface area (Å²) in [5, 5.41) is 10.6. The van der Waals surface area contributed by atoms with E-state index in [2.05, 4.69) is 36.6 Å². The molecule has 1 aliphatic heterocycles. The fraction of sp³-hybridized carbons (Fsp3) is 0.412. The largest absolute Gasteiger partial charge is 0.352 e. The van der Waals surface area contributed by atoms with Gasteiger partial charge in [0.15, 0.2) is 0 Å². The second-order valence-corrected chi connectivity index (χ2v) is 6.77. The number of nitrogens with one attached hydrogen (secondary N) is 2. The Labute approximate surface area is 162 Å². The van der Waals surface area contributed by atoms with Gasteiger partial charge >= 0.3 is 0 Å². The third-order valence-corrected chi connectivity index (χ3v) is 4.61. The first-order valence-electron chi connectivity index (χ1n) is 8.24. The molecule has 1 amide bonds. The van der Waals surface area contributed by atoms with E-state index < -0.39 is 0 Å². The number of rotatable bonds is 6. The lowest BCUT2D eigenvalue weighted by atomic mass is 10.3. The molecule has 136 valence electrons. The van der Waals surface area contributed by atoms with Gasteiger partial charge in [0.05, 0.1) is 17.4 Å². The standard InChI is InChI=1S/C17H22BrN5O.ClH/c18-15-2-4-16(5-3-15)23-13-14(12-21-23)17(24)20-6-1-9-22-10-7-19-8-11-22;/h2-5,12-13,19H,1,6-11H2,(H,20,24);1H. The molecule has 8 heteroatoms. The predicted molar refractivity (Wildman–Crippen MR) is 105 cm³/mol. The van der Waals surface area contributed by atoms with Crippen molar-refractivity contribution in [1.82, 2.24) is 25.3 Å². The van der Waals surface area contributed by atoms with E-state index in [0.29, 0.717) is 12.1 Å². The van der Waals surface area contributed by atoms with E-state index in [-0.39, 0.29) is 18.3 Å². The normalized spacial score (nSPS) is 14.8. The quantitative estimate of drug-likeness (QED) is 0.692. The van der Waals surface area contributed by atoms with E-state index in [4.69, 9.17) is 0 Å². The number of nitrogens with zero attached hydrogens (tertiary/aromatic N) is 3. The van der Waals surface area contributed by atoms with Crippen molar-refractivity contribution in [3.05, 3.63) is 46.7 Å². The molecule has 0 aliphatic carbocycles. The van der Waals surface area contributed by atoms with Gasteiger partial charge in [0.1, 0.15) is 0 Å². The van der Waals surface area contributed by atoms with Crippen LogP contribution in [0.25, 0.3) is 5.69 Å². The Balaban J connectivity index is 0.00000225. The highest BCUT2D eigenvalue weighted by Crippen LogP contribution is 2.14. The van der Waals surface area contributed by atoms with Gasteiger partial charge in [0.25, 0.3) is 5.91 Å². The summed E-state index contributed by atoms with van der Waals surface area (Å²) in [5.74, 6) is -0.0707. The third kappa shape index (κ3) is 5.81. The van der Waals surface area contributed by atoms with Crippen LogP contribution in [-0.4, -0.2) is 59.9 Å². The first-order chi connectivity index (χ1) is 11.7. The Morgan fingerprint density at radius 1 is 1.24 bits per heavy atom. The zero-order valence-electron chi connectivity index (χ0n) is 13.9. The van der Waals surface area contributed by atoms with Gasteiger partial charge in [-0.1, -0.05) is 15.9 Å². The number of benzene rings is 1. The molecule has 1 aromatic heterocycles. The van der Waals surface area contributed by atoms with Crippen LogP contribution < -0.4 is 10.6 Å². The lowest BCUT2D eigenvalue weighted by molar-refractivity contribution is 0.0951. The van der Waals surface area contributed by atoms with Gasteiger partial charge in [-0.2, -0.15) is 5.10 Å². The summed E-state index contributed by atoms with van der Waals surface area (Å²) in [4.78, 5) is 14.6. The molecule has 2 heterocycles. The molecule has 0 spiro atoms. The molecule has 2 aromatic rings. The molecule has 0 atom stereocenters. The van der Waals surface area contributed by atoms with Crippen molar-refractivity contribution >= 4 is 34.2 Å². The van der Waals surface area contributed by atoms with Crippen LogP contribution in [0.3, 0.4) is 0 Å². The molecule has 1 aliphatic rings. The molecule has 3 rings (SSSR count). The average Bonchev–Trinajstić information content (AvgIpc) is 3.10. The Morgan fingerprint density at radius 3 is 2.68 bits per heavy atom. The molecule has 1 aromatic carbocycles. The molecule has 1 fully saturated rings. The highest BCUT2D eigenvalue weighted by Gasteiger charge is 2.11. The number of amides is 1. The lowest BCUT2D eigenvalue weighted by Crippen LogP contribution is -2.44. The zero-order chi connectivity index (χ0) is 16.8. The Bertz CT molecular complexity index is 670. The first kappa shape index (κ1) is 19.9. The molecule has 0 unspecified atom stereocenters. The maximum atomic E-state index is 12.2. The lowest BCUT2D eigenvalue weighted by Gasteiger charge is -2.27. The minimum absolute atomic E-state index is 0.